The average molecular weight is 313 g/mol. The molecule has 2 atom stereocenters. The van der Waals surface area contributed by atoms with Gasteiger partial charge in [-0.2, -0.15) is 0 Å². The normalized spacial score (nSPS) is 13.4. The van der Waals surface area contributed by atoms with E-state index in [0.29, 0.717) is 6.42 Å². The number of carbonyl (C=O) groups is 1. The monoisotopic (exact) mass is 313 g/mol. The van der Waals surface area contributed by atoms with Gasteiger partial charge in [-0.05, 0) is 49.4 Å². The van der Waals surface area contributed by atoms with Crippen LogP contribution in [-0.2, 0) is 17.6 Å². The molecule has 0 fully saturated rings. The quantitative estimate of drug-likeness (QED) is 0.701. The van der Waals surface area contributed by atoms with Crippen molar-refractivity contribution in [2.24, 2.45) is 0 Å². The third kappa shape index (κ3) is 5.75. The zero-order valence-electron chi connectivity index (χ0n) is 13.3. The molecule has 23 heavy (non-hydrogen) atoms. The van der Waals surface area contributed by atoms with Crippen molar-refractivity contribution in [1.82, 2.24) is 5.32 Å². The second kappa shape index (κ2) is 8.34. The Bertz CT molecular complexity index is 610. The molecule has 4 nitrogen and oxygen atoms in total. The highest BCUT2D eigenvalue weighted by Gasteiger charge is 2.19. The molecule has 1 unspecified atom stereocenters. The molecule has 0 heterocycles. The summed E-state index contributed by atoms with van der Waals surface area (Å²) < 4.78 is 0. The van der Waals surface area contributed by atoms with Gasteiger partial charge in [0.25, 0.3) is 0 Å². The maximum absolute atomic E-state index is 11.5. The SMILES string of the molecule is CC(CCc1ccc(O)cc1)N[C@@H](Cc1ccccc1)C(=O)O. The molecule has 0 saturated heterocycles. The number of carboxylic acid groups (broad SMARTS) is 1. The lowest BCUT2D eigenvalue weighted by Gasteiger charge is -2.20. The molecule has 0 radical (unpaired) electrons. The summed E-state index contributed by atoms with van der Waals surface area (Å²) in [5, 5.41) is 21.9. The van der Waals surface area contributed by atoms with E-state index in [4.69, 9.17) is 0 Å². The van der Waals surface area contributed by atoms with Gasteiger partial charge in [0.15, 0.2) is 0 Å². The van der Waals surface area contributed by atoms with Gasteiger partial charge >= 0.3 is 5.97 Å². The van der Waals surface area contributed by atoms with Gasteiger partial charge < -0.3 is 15.5 Å². The Hall–Kier alpha value is -2.33. The van der Waals surface area contributed by atoms with Crippen LogP contribution in [0, 0.1) is 0 Å². The number of phenolic OH excluding ortho intramolecular Hbond substituents is 1. The molecule has 0 aliphatic carbocycles. The first-order chi connectivity index (χ1) is 11.0. The van der Waals surface area contributed by atoms with Crippen LogP contribution < -0.4 is 5.32 Å². The van der Waals surface area contributed by atoms with Gasteiger partial charge in [-0.3, -0.25) is 4.79 Å². The van der Waals surface area contributed by atoms with Crippen molar-refractivity contribution in [3.05, 3.63) is 65.7 Å². The molecule has 2 aromatic rings. The van der Waals surface area contributed by atoms with E-state index in [1.54, 1.807) is 12.1 Å². The standard InChI is InChI=1S/C19H23NO3/c1-14(7-8-15-9-11-17(21)12-10-15)20-18(19(22)23)13-16-5-3-2-4-6-16/h2-6,9-12,14,18,20-21H,7-8,13H2,1H3,(H,22,23)/t14?,18-/m0/s1. The molecule has 122 valence electrons. The van der Waals surface area contributed by atoms with Crippen LogP contribution in [0.5, 0.6) is 5.75 Å². The van der Waals surface area contributed by atoms with E-state index in [0.717, 1.165) is 24.0 Å². The topological polar surface area (TPSA) is 69.6 Å². The number of rotatable bonds is 8. The molecule has 0 aliphatic rings. The van der Waals surface area contributed by atoms with Crippen molar-refractivity contribution in [2.75, 3.05) is 0 Å². The Labute approximate surface area is 136 Å². The number of phenols is 1. The van der Waals surface area contributed by atoms with Crippen LogP contribution in [0.3, 0.4) is 0 Å². The largest absolute Gasteiger partial charge is 0.508 e. The molecular formula is C19H23NO3. The minimum absolute atomic E-state index is 0.0913. The van der Waals surface area contributed by atoms with Crippen LogP contribution in [0.4, 0.5) is 0 Å². The predicted octanol–water partition coefficient (Wildman–Crippen LogP) is 3.00. The number of aryl methyl sites for hydroxylation is 1. The lowest BCUT2D eigenvalue weighted by molar-refractivity contribution is -0.139. The first-order valence-electron chi connectivity index (χ1n) is 7.85. The first kappa shape index (κ1) is 17.0. The van der Waals surface area contributed by atoms with Crippen molar-refractivity contribution in [2.45, 2.75) is 38.3 Å². The molecule has 2 rings (SSSR count). The molecule has 0 bridgehead atoms. The zero-order valence-corrected chi connectivity index (χ0v) is 13.3. The van der Waals surface area contributed by atoms with Crippen LogP contribution in [0.25, 0.3) is 0 Å². The Kier molecular flexibility index (Phi) is 6.18. The van der Waals surface area contributed by atoms with Crippen LogP contribution in [0.15, 0.2) is 54.6 Å². The van der Waals surface area contributed by atoms with Crippen LogP contribution in [0.1, 0.15) is 24.5 Å². The maximum Gasteiger partial charge on any atom is 0.321 e. The maximum atomic E-state index is 11.5. The van der Waals surface area contributed by atoms with Gasteiger partial charge in [-0.1, -0.05) is 42.5 Å². The summed E-state index contributed by atoms with van der Waals surface area (Å²) in [6.45, 7) is 2.00. The van der Waals surface area contributed by atoms with Gasteiger partial charge in [0.05, 0.1) is 0 Å². The summed E-state index contributed by atoms with van der Waals surface area (Å²) in [5.74, 6) is -0.570. The van der Waals surface area contributed by atoms with E-state index in [2.05, 4.69) is 5.32 Å². The Morgan fingerprint density at radius 1 is 1.04 bits per heavy atom. The number of aromatic hydroxyl groups is 1. The predicted molar refractivity (Wildman–Crippen MR) is 90.6 cm³/mol. The Balaban J connectivity index is 1.86. The highest BCUT2D eigenvalue weighted by Crippen LogP contribution is 2.12. The molecule has 0 spiro atoms. The minimum atomic E-state index is -0.828. The minimum Gasteiger partial charge on any atom is -0.508 e. The zero-order chi connectivity index (χ0) is 16.7. The van der Waals surface area contributed by atoms with Gasteiger partial charge in [-0.15, -0.1) is 0 Å². The summed E-state index contributed by atoms with van der Waals surface area (Å²) in [5.41, 5.74) is 2.14. The lowest BCUT2D eigenvalue weighted by Crippen LogP contribution is -2.43. The molecule has 0 saturated carbocycles. The van der Waals surface area contributed by atoms with Gasteiger partial charge in [0.2, 0.25) is 0 Å². The number of hydrogen-bond donors (Lipinski definition) is 3. The number of nitrogens with one attached hydrogen (secondary N) is 1. The second-order valence-electron chi connectivity index (χ2n) is 5.85. The smallest absolute Gasteiger partial charge is 0.321 e. The highest BCUT2D eigenvalue weighted by atomic mass is 16.4. The molecule has 0 aliphatic heterocycles. The summed E-state index contributed by atoms with van der Waals surface area (Å²) in [6, 6.07) is 16.3. The summed E-state index contributed by atoms with van der Waals surface area (Å²) in [7, 11) is 0. The van der Waals surface area contributed by atoms with E-state index < -0.39 is 12.0 Å². The van der Waals surface area contributed by atoms with Gasteiger partial charge in [0.1, 0.15) is 11.8 Å². The molecule has 3 N–H and O–H groups in total. The molecule has 0 aromatic heterocycles. The van der Waals surface area contributed by atoms with Crippen LogP contribution in [-0.4, -0.2) is 28.3 Å². The van der Waals surface area contributed by atoms with Crippen LogP contribution >= 0.6 is 0 Å². The molecule has 2 aromatic carbocycles. The second-order valence-corrected chi connectivity index (χ2v) is 5.85. The summed E-state index contributed by atoms with van der Waals surface area (Å²) in [6.07, 6.45) is 2.15. The van der Waals surface area contributed by atoms with E-state index >= 15 is 0 Å². The van der Waals surface area contributed by atoms with Gasteiger partial charge in [0, 0.05) is 6.04 Å². The van der Waals surface area contributed by atoms with Crippen molar-refractivity contribution in [1.29, 1.82) is 0 Å². The van der Waals surface area contributed by atoms with E-state index in [9.17, 15) is 15.0 Å². The highest BCUT2D eigenvalue weighted by molar-refractivity contribution is 5.74. The third-order valence-corrected chi connectivity index (χ3v) is 3.87. The number of benzene rings is 2. The van der Waals surface area contributed by atoms with E-state index in [1.807, 2.05) is 49.4 Å². The van der Waals surface area contributed by atoms with Crippen molar-refractivity contribution >= 4 is 5.97 Å². The third-order valence-electron chi connectivity index (χ3n) is 3.87. The number of carboxylic acids is 1. The summed E-state index contributed by atoms with van der Waals surface area (Å²) in [4.78, 5) is 11.5. The van der Waals surface area contributed by atoms with E-state index in [-0.39, 0.29) is 11.8 Å². The van der Waals surface area contributed by atoms with Crippen molar-refractivity contribution in [3.8, 4) is 5.75 Å². The molecule has 0 amide bonds. The lowest BCUT2D eigenvalue weighted by atomic mass is 10.0. The first-order valence-corrected chi connectivity index (χ1v) is 7.85. The number of hydrogen-bond acceptors (Lipinski definition) is 3. The fourth-order valence-electron chi connectivity index (χ4n) is 2.54. The fraction of sp³-hybridized carbons (Fsp3) is 0.316. The molecule has 4 heteroatoms. The Morgan fingerprint density at radius 2 is 1.70 bits per heavy atom. The molecular weight excluding hydrogens is 290 g/mol. The van der Waals surface area contributed by atoms with Gasteiger partial charge in [-0.25, -0.2) is 0 Å². The average Bonchev–Trinajstić information content (AvgIpc) is 2.54. The Morgan fingerprint density at radius 3 is 2.30 bits per heavy atom. The summed E-state index contributed by atoms with van der Waals surface area (Å²) >= 11 is 0. The number of aliphatic carboxylic acids is 1. The van der Waals surface area contributed by atoms with Crippen LogP contribution in [0.2, 0.25) is 0 Å². The fourth-order valence-corrected chi connectivity index (χ4v) is 2.54. The van der Waals surface area contributed by atoms with Crippen molar-refractivity contribution < 1.29 is 15.0 Å². The van der Waals surface area contributed by atoms with E-state index in [1.165, 1.54) is 0 Å². The van der Waals surface area contributed by atoms with Crippen molar-refractivity contribution in [3.63, 3.8) is 0 Å².